The average Bonchev–Trinajstić information content (AvgIpc) is 3.28. The second kappa shape index (κ2) is 13.6. The third kappa shape index (κ3) is 8.40. The number of alkyl halides is 7. The zero-order chi connectivity index (χ0) is 32.3. The van der Waals surface area contributed by atoms with Crippen LogP contribution in [0.25, 0.3) is 10.1 Å². The first-order chi connectivity index (χ1) is 20.6. The fourth-order valence-corrected chi connectivity index (χ4v) is 8.20. The minimum Gasteiger partial charge on any atom is -0.404 e. The quantitative estimate of drug-likeness (QED) is 0.139. The molecule has 1 aliphatic heterocycles. The molecule has 2 atom stereocenters. The van der Waals surface area contributed by atoms with Gasteiger partial charge in [-0.2, -0.15) is 13.2 Å². The summed E-state index contributed by atoms with van der Waals surface area (Å²) in [6, 6.07) is 8.28. The number of fused-ring (bicyclic) bond motifs is 1. The fraction of sp³-hybridized carbons (Fsp3) is 0.467. The van der Waals surface area contributed by atoms with Crippen molar-refractivity contribution in [3.05, 3.63) is 46.8 Å². The molecule has 0 spiro atoms. The maximum Gasteiger partial charge on any atom is 0.573 e. The number of rotatable bonds is 9. The number of anilines is 2. The largest absolute Gasteiger partial charge is 0.573 e. The highest BCUT2D eigenvalue weighted by Gasteiger charge is 2.34. The molecule has 0 bridgehead atoms. The first kappa shape index (κ1) is 33.9. The van der Waals surface area contributed by atoms with Crippen molar-refractivity contribution >= 4 is 45.2 Å². The molecule has 2 heterocycles. The summed E-state index contributed by atoms with van der Waals surface area (Å²) in [4.78, 5) is 2.03. The smallest absolute Gasteiger partial charge is 0.404 e. The van der Waals surface area contributed by atoms with Crippen LogP contribution in [0.2, 0.25) is 0 Å². The number of piperidine rings is 1. The molecule has 0 unspecified atom stereocenters. The van der Waals surface area contributed by atoms with E-state index in [1.807, 2.05) is 11.9 Å². The molecular formula is C30H33F7N3O2PS. The normalized spacial score (nSPS) is 18.1. The van der Waals surface area contributed by atoms with Crippen molar-refractivity contribution in [1.82, 2.24) is 4.90 Å². The number of nitrogens with one attached hydrogen (secondary N) is 2. The summed E-state index contributed by atoms with van der Waals surface area (Å²) in [7, 11) is -1.08. The van der Waals surface area contributed by atoms with Gasteiger partial charge in [-0.1, -0.05) is 37.8 Å². The Morgan fingerprint density at radius 1 is 1.09 bits per heavy atom. The van der Waals surface area contributed by atoms with E-state index in [0.29, 0.717) is 28.7 Å². The minimum atomic E-state index is -5.01. The fourth-order valence-electron chi connectivity index (χ4n) is 5.15. The summed E-state index contributed by atoms with van der Waals surface area (Å²) < 4.78 is 113. The van der Waals surface area contributed by atoms with E-state index < -0.39 is 44.1 Å². The summed E-state index contributed by atoms with van der Waals surface area (Å²) in [5.74, 6) is 4.89. The van der Waals surface area contributed by atoms with Gasteiger partial charge in [-0.25, -0.2) is 4.39 Å². The molecule has 44 heavy (non-hydrogen) atoms. The second-order valence-electron chi connectivity index (χ2n) is 10.6. The van der Waals surface area contributed by atoms with Gasteiger partial charge in [0.05, 0.1) is 40.0 Å². The van der Waals surface area contributed by atoms with Crippen LogP contribution in [-0.4, -0.2) is 68.7 Å². The van der Waals surface area contributed by atoms with Gasteiger partial charge in [0.2, 0.25) is 0 Å². The number of hydrogen-bond acceptors (Lipinski definition) is 6. The molecule has 1 aliphatic rings. The predicted molar refractivity (Wildman–Crippen MR) is 163 cm³/mol. The molecule has 0 saturated carbocycles. The van der Waals surface area contributed by atoms with Crippen molar-refractivity contribution in [2.24, 2.45) is 0 Å². The number of thiophene rings is 1. The molecule has 1 saturated heterocycles. The number of ether oxygens (including phenoxy) is 1. The number of likely N-dealkylation sites (tertiary alicyclic amines) is 1. The standard InChI is InChI=1S/C30H33F7N3O2PS/c1-4-43(41,5-2)19-11-12-24(26(16-19)42-30(35,36)37)38-14-7-10-27-21(17-29(32,33)34)20-8-6-9-25(28(20)44-27)39-23-13-15-40(3)18-22(23)31/h6,8-9,11-12,16,22-23,38-39H,4-5,13-15,17-18H2,1-3H3/t22-,23-/m1/s1. The highest BCUT2D eigenvalue weighted by molar-refractivity contribution is 7.71. The van der Waals surface area contributed by atoms with Crippen LogP contribution in [0.1, 0.15) is 30.7 Å². The number of hydrogen-bond donors (Lipinski definition) is 2. The van der Waals surface area contributed by atoms with E-state index in [1.54, 1.807) is 32.0 Å². The van der Waals surface area contributed by atoms with Crippen LogP contribution in [0.4, 0.5) is 42.1 Å². The lowest BCUT2D eigenvalue weighted by Crippen LogP contribution is -2.46. The molecule has 3 aromatic rings. The van der Waals surface area contributed by atoms with E-state index in [2.05, 4.69) is 27.2 Å². The van der Waals surface area contributed by atoms with E-state index in [4.69, 9.17) is 0 Å². The molecule has 0 amide bonds. The van der Waals surface area contributed by atoms with Gasteiger partial charge in [0.25, 0.3) is 0 Å². The van der Waals surface area contributed by atoms with Crippen molar-refractivity contribution in [2.75, 3.05) is 49.6 Å². The highest BCUT2D eigenvalue weighted by Crippen LogP contribution is 2.45. The van der Waals surface area contributed by atoms with Crippen LogP contribution in [0, 0.1) is 11.8 Å². The Labute approximate surface area is 255 Å². The van der Waals surface area contributed by atoms with Crippen LogP contribution >= 0.6 is 18.5 Å². The first-order valence-corrected chi connectivity index (χ1v) is 16.9. The molecule has 0 aliphatic carbocycles. The van der Waals surface area contributed by atoms with Gasteiger partial charge in [0, 0.05) is 30.7 Å². The summed E-state index contributed by atoms with van der Waals surface area (Å²) in [5.41, 5.74) is 0.440. The van der Waals surface area contributed by atoms with Gasteiger partial charge in [0.1, 0.15) is 13.3 Å². The molecule has 5 nitrogen and oxygen atoms in total. The monoisotopic (exact) mass is 663 g/mol. The summed E-state index contributed by atoms with van der Waals surface area (Å²) >= 11 is 1.05. The van der Waals surface area contributed by atoms with Gasteiger partial charge in [-0.15, -0.1) is 24.5 Å². The van der Waals surface area contributed by atoms with Gasteiger partial charge in [-0.3, -0.25) is 0 Å². The van der Waals surface area contributed by atoms with E-state index in [-0.39, 0.29) is 46.8 Å². The second-order valence-corrected chi connectivity index (χ2v) is 15.2. The average molecular weight is 664 g/mol. The Kier molecular flexibility index (Phi) is 10.5. The molecule has 240 valence electrons. The van der Waals surface area contributed by atoms with Crippen molar-refractivity contribution in [1.29, 1.82) is 0 Å². The SMILES string of the molecule is CCP(=O)(CC)c1ccc(NCC#Cc2sc3c(N[C@@H]4CCN(C)C[C@H]4F)cccc3c2CC(F)(F)F)c(OC(F)(F)F)c1. The van der Waals surface area contributed by atoms with E-state index in [1.165, 1.54) is 12.1 Å². The molecule has 4 rings (SSSR count). The number of nitrogens with zero attached hydrogens (tertiary/aromatic N) is 1. The van der Waals surface area contributed by atoms with E-state index in [0.717, 1.165) is 17.4 Å². The summed E-state index contributed by atoms with van der Waals surface area (Å²) in [6.45, 7) is 4.11. The zero-order valence-electron chi connectivity index (χ0n) is 24.3. The van der Waals surface area contributed by atoms with Gasteiger partial charge < -0.3 is 24.8 Å². The van der Waals surface area contributed by atoms with Crippen LogP contribution in [-0.2, 0) is 11.0 Å². The Morgan fingerprint density at radius 3 is 2.45 bits per heavy atom. The number of benzene rings is 2. The maximum absolute atomic E-state index is 14.7. The van der Waals surface area contributed by atoms with E-state index in [9.17, 15) is 35.3 Å². The Bertz CT molecular complexity index is 1570. The molecule has 14 heteroatoms. The summed E-state index contributed by atoms with van der Waals surface area (Å²) in [5, 5.41) is 6.51. The van der Waals surface area contributed by atoms with Gasteiger partial charge in [0.15, 0.2) is 5.75 Å². The topological polar surface area (TPSA) is 53.6 Å². The molecule has 1 aromatic heterocycles. The zero-order valence-corrected chi connectivity index (χ0v) is 26.0. The minimum absolute atomic E-state index is 0.0193. The lowest BCUT2D eigenvalue weighted by atomic mass is 10.0. The lowest BCUT2D eigenvalue weighted by Gasteiger charge is -2.33. The molecule has 1 fully saturated rings. The van der Waals surface area contributed by atoms with Crippen molar-refractivity contribution in [3.8, 4) is 17.6 Å². The van der Waals surface area contributed by atoms with Crippen molar-refractivity contribution in [3.63, 3.8) is 0 Å². The molecule has 2 N–H and O–H groups in total. The first-order valence-electron chi connectivity index (χ1n) is 14.0. The lowest BCUT2D eigenvalue weighted by molar-refractivity contribution is -0.274. The van der Waals surface area contributed by atoms with Crippen molar-refractivity contribution in [2.45, 2.75) is 51.4 Å². The highest BCUT2D eigenvalue weighted by atomic mass is 32.1. The summed E-state index contributed by atoms with van der Waals surface area (Å²) in [6.07, 6.45) is -10.8. The Balaban J connectivity index is 1.63. The van der Waals surface area contributed by atoms with Gasteiger partial charge >= 0.3 is 12.5 Å². The molecule has 0 radical (unpaired) electrons. The Morgan fingerprint density at radius 2 is 1.82 bits per heavy atom. The van der Waals surface area contributed by atoms with Crippen molar-refractivity contribution < 1.29 is 40.0 Å². The third-order valence-corrected chi connectivity index (χ3v) is 12.0. The van der Waals surface area contributed by atoms with Gasteiger partial charge in [-0.05, 0) is 48.7 Å². The Hall–Kier alpha value is -2.94. The molecular weight excluding hydrogens is 630 g/mol. The predicted octanol–water partition coefficient (Wildman–Crippen LogP) is 7.85. The number of halogens is 7. The van der Waals surface area contributed by atoms with Crippen LogP contribution in [0.15, 0.2) is 36.4 Å². The van der Waals surface area contributed by atoms with Crippen LogP contribution < -0.4 is 20.7 Å². The molecule has 2 aromatic carbocycles. The van der Waals surface area contributed by atoms with Crippen LogP contribution in [0.5, 0.6) is 5.75 Å². The third-order valence-electron chi connectivity index (χ3n) is 7.53. The van der Waals surface area contributed by atoms with E-state index >= 15 is 0 Å². The maximum atomic E-state index is 14.7. The van der Waals surface area contributed by atoms with Crippen LogP contribution in [0.3, 0.4) is 0 Å².